The molecule has 0 aliphatic heterocycles. The molecule has 0 unspecified atom stereocenters. The summed E-state index contributed by atoms with van der Waals surface area (Å²) in [7, 11) is 0. The predicted molar refractivity (Wildman–Crippen MR) is 222 cm³/mol. The summed E-state index contributed by atoms with van der Waals surface area (Å²) in [4.78, 5) is 26.5. The third-order valence-electron chi connectivity index (χ3n) is 16.6. The Hall–Kier alpha value is -2.67. The summed E-state index contributed by atoms with van der Waals surface area (Å²) in [5.74, 6) is 2.79. The topological polar surface area (TPSA) is 91.5 Å². The van der Waals surface area contributed by atoms with E-state index in [1.165, 1.54) is 38.5 Å². The summed E-state index contributed by atoms with van der Waals surface area (Å²) in [6.45, 7) is 26.6. The molecule has 5 aliphatic rings. The van der Waals surface area contributed by atoms with Crippen LogP contribution in [0, 0.1) is 56.2 Å². The van der Waals surface area contributed by atoms with Crippen molar-refractivity contribution in [2.45, 2.75) is 172 Å². The van der Waals surface area contributed by atoms with Crippen molar-refractivity contribution in [3.05, 3.63) is 46.3 Å². The molecule has 8 atom stereocenters. The van der Waals surface area contributed by atoms with Gasteiger partial charge in [0.25, 0.3) is 0 Å². The molecule has 0 saturated heterocycles. The number of halogens is 1. The van der Waals surface area contributed by atoms with Crippen LogP contribution in [0.5, 0.6) is 0 Å². The number of carbonyl (C=O) groups is 2. The fraction of sp³-hybridized carbons (Fsp3) is 0.750. The van der Waals surface area contributed by atoms with E-state index < -0.39 is 11.0 Å². The minimum absolute atomic E-state index is 0.0165. The molecular weight excluding hydrogens is 720 g/mol. The molecule has 0 N–H and O–H groups in total. The van der Waals surface area contributed by atoms with E-state index in [4.69, 9.17) is 25.5 Å². The predicted octanol–water partition coefficient (Wildman–Crippen LogP) is 12.4. The largest absolute Gasteiger partial charge is 0.462 e. The maximum absolute atomic E-state index is 13.5. The molecule has 7 rings (SSSR count). The first kappa shape index (κ1) is 41.5. The molecule has 308 valence electrons. The van der Waals surface area contributed by atoms with Crippen molar-refractivity contribution in [1.82, 2.24) is 10.2 Å². The lowest BCUT2D eigenvalue weighted by atomic mass is 9.33. The van der Waals surface area contributed by atoms with E-state index >= 15 is 0 Å². The lowest BCUT2D eigenvalue weighted by Gasteiger charge is -2.72. The third-order valence-corrected chi connectivity index (χ3v) is 16.9. The summed E-state index contributed by atoms with van der Waals surface area (Å²) in [5.41, 5.74) is 3.24. The van der Waals surface area contributed by atoms with Gasteiger partial charge in [-0.1, -0.05) is 71.2 Å². The summed E-state index contributed by atoms with van der Waals surface area (Å²) < 4.78 is 18.4. The highest BCUT2D eigenvalue weighted by atomic mass is 35.5. The van der Waals surface area contributed by atoms with Gasteiger partial charge in [-0.15, -0.1) is 10.2 Å². The molecule has 0 amide bonds. The molecule has 2 aromatic rings. The van der Waals surface area contributed by atoms with E-state index in [9.17, 15) is 9.59 Å². The summed E-state index contributed by atoms with van der Waals surface area (Å²) >= 11 is 6.17. The van der Waals surface area contributed by atoms with Crippen LogP contribution < -0.4 is 0 Å². The second kappa shape index (κ2) is 14.0. The normalized spacial score (nSPS) is 35.3. The number of allylic oxidation sites excluding steroid dienone is 2. The van der Waals surface area contributed by atoms with Crippen molar-refractivity contribution in [3.8, 4) is 11.5 Å². The Morgan fingerprint density at radius 3 is 2.21 bits per heavy atom. The van der Waals surface area contributed by atoms with E-state index in [2.05, 4.69) is 58.7 Å². The molecule has 1 heterocycles. The standard InChI is InChI=1S/C48H69ClN2O5/c1-29(2)32-19-24-48(27-37-50-51-40(55-37)30-13-15-31(49)16-14-30)26-25-46(11)33(39(32)48)17-18-35-45(10)22-21-36(44(8,9)34(45)20-23-47(35,46)12)54-38(52)28-43(6,7)41(53)56-42(3,4)5/h13-16,29,33-36H,17-28H2,1-12H3/t33-,34+,35-,36+,45+,46-,47-,48-/m1/s1. The van der Waals surface area contributed by atoms with Crippen LogP contribution in [-0.4, -0.2) is 33.8 Å². The van der Waals surface area contributed by atoms with Gasteiger partial charge in [0.2, 0.25) is 11.8 Å². The van der Waals surface area contributed by atoms with Gasteiger partial charge in [0.1, 0.15) is 11.7 Å². The molecular formula is C48H69ClN2O5. The average Bonchev–Trinajstić information content (AvgIpc) is 3.71. The molecule has 7 nitrogen and oxygen atoms in total. The van der Waals surface area contributed by atoms with Crippen molar-refractivity contribution in [2.75, 3.05) is 0 Å². The number of hydrogen-bond donors (Lipinski definition) is 0. The molecule has 4 fully saturated rings. The summed E-state index contributed by atoms with van der Waals surface area (Å²) in [6, 6.07) is 7.65. The van der Waals surface area contributed by atoms with Gasteiger partial charge in [0.05, 0.1) is 11.8 Å². The lowest BCUT2D eigenvalue weighted by Crippen LogP contribution is -2.65. The molecule has 1 aromatic heterocycles. The minimum atomic E-state index is -0.952. The van der Waals surface area contributed by atoms with Crippen molar-refractivity contribution >= 4 is 23.5 Å². The fourth-order valence-corrected chi connectivity index (χ4v) is 13.7. The molecule has 5 aliphatic carbocycles. The Morgan fingerprint density at radius 2 is 1.55 bits per heavy atom. The number of hydrogen-bond acceptors (Lipinski definition) is 7. The molecule has 8 heteroatoms. The number of esters is 2. The summed E-state index contributed by atoms with van der Waals surface area (Å²) in [6.07, 6.45) is 12.1. The molecule has 0 radical (unpaired) electrons. The first-order valence-electron chi connectivity index (χ1n) is 21.7. The first-order valence-corrected chi connectivity index (χ1v) is 22.1. The van der Waals surface area contributed by atoms with Gasteiger partial charge < -0.3 is 13.9 Å². The molecule has 0 spiro atoms. The van der Waals surface area contributed by atoms with Crippen LogP contribution in [0.2, 0.25) is 5.02 Å². The van der Waals surface area contributed by atoms with Gasteiger partial charge in [-0.3, -0.25) is 9.59 Å². The van der Waals surface area contributed by atoms with Crippen molar-refractivity contribution in [2.24, 2.45) is 56.2 Å². The Morgan fingerprint density at radius 1 is 0.857 bits per heavy atom. The second-order valence-corrected chi connectivity index (χ2v) is 22.5. The number of nitrogens with zero attached hydrogens (tertiary/aromatic N) is 2. The smallest absolute Gasteiger partial charge is 0.312 e. The quantitative estimate of drug-likeness (QED) is 0.194. The van der Waals surface area contributed by atoms with Gasteiger partial charge in [0.15, 0.2) is 0 Å². The van der Waals surface area contributed by atoms with Crippen LogP contribution in [0.4, 0.5) is 0 Å². The minimum Gasteiger partial charge on any atom is -0.462 e. The second-order valence-electron chi connectivity index (χ2n) is 22.1. The highest BCUT2D eigenvalue weighted by Gasteiger charge is 2.69. The number of fused-ring (bicyclic) bond motifs is 7. The van der Waals surface area contributed by atoms with Crippen LogP contribution in [0.1, 0.15) is 160 Å². The van der Waals surface area contributed by atoms with Crippen LogP contribution in [-0.2, 0) is 25.5 Å². The van der Waals surface area contributed by atoms with E-state index in [1.54, 1.807) is 25.0 Å². The summed E-state index contributed by atoms with van der Waals surface area (Å²) in [5, 5.41) is 9.83. The molecule has 1 aromatic carbocycles. The molecule has 56 heavy (non-hydrogen) atoms. The van der Waals surface area contributed by atoms with Crippen molar-refractivity contribution < 1.29 is 23.5 Å². The Kier molecular flexibility index (Phi) is 10.4. The first-order chi connectivity index (χ1) is 26.0. The van der Waals surface area contributed by atoms with Gasteiger partial charge in [0, 0.05) is 27.8 Å². The molecule has 0 bridgehead atoms. The van der Waals surface area contributed by atoms with E-state index in [-0.39, 0.29) is 51.5 Å². The Balaban J connectivity index is 1.11. The maximum Gasteiger partial charge on any atom is 0.312 e. The van der Waals surface area contributed by atoms with E-state index in [0.29, 0.717) is 34.6 Å². The van der Waals surface area contributed by atoms with E-state index in [0.717, 1.165) is 43.6 Å². The van der Waals surface area contributed by atoms with Crippen LogP contribution in [0.3, 0.4) is 0 Å². The van der Waals surface area contributed by atoms with Gasteiger partial charge in [-0.25, -0.2) is 0 Å². The zero-order chi connectivity index (χ0) is 40.9. The lowest BCUT2D eigenvalue weighted by molar-refractivity contribution is -0.233. The Labute approximate surface area is 341 Å². The number of ether oxygens (including phenoxy) is 2. The number of carbonyl (C=O) groups excluding carboxylic acids is 2. The highest BCUT2D eigenvalue weighted by molar-refractivity contribution is 6.30. The molecule has 4 saturated carbocycles. The fourth-order valence-electron chi connectivity index (χ4n) is 13.6. The SMILES string of the molecule is CC(C)C1=C2[C@H]3CC[C@@H]4[C@@]5(C)CC[C@H](OC(=O)CC(C)(C)C(=O)OC(C)(C)C)C(C)(C)[C@@H]5CC[C@@]4(C)[C@]3(C)CC[C@@]2(Cc2nnc(-c3ccc(Cl)cc3)o2)CC1. The average molecular weight is 790 g/mol. The zero-order valence-corrected chi connectivity index (χ0v) is 37.3. The van der Waals surface area contributed by atoms with Gasteiger partial charge >= 0.3 is 11.9 Å². The van der Waals surface area contributed by atoms with Crippen LogP contribution in [0.15, 0.2) is 39.8 Å². The third kappa shape index (κ3) is 6.80. The van der Waals surface area contributed by atoms with Crippen LogP contribution >= 0.6 is 11.6 Å². The van der Waals surface area contributed by atoms with Gasteiger partial charge in [-0.05, 0) is 163 Å². The van der Waals surface area contributed by atoms with Crippen molar-refractivity contribution in [1.29, 1.82) is 0 Å². The Bertz CT molecular complexity index is 1870. The zero-order valence-electron chi connectivity index (χ0n) is 36.5. The monoisotopic (exact) mass is 788 g/mol. The number of benzene rings is 1. The number of aromatic nitrogens is 2. The number of rotatable bonds is 8. The maximum atomic E-state index is 13.5. The highest BCUT2D eigenvalue weighted by Crippen LogP contribution is 2.77. The van der Waals surface area contributed by atoms with Crippen LogP contribution in [0.25, 0.3) is 11.5 Å². The van der Waals surface area contributed by atoms with E-state index in [1.807, 2.05) is 45.0 Å². The van der Waals surface area contributed by atoms with Crippen molar-refractivity contribution in [3.63, 3.8) is 0 Å². The van der Waals surface area contributed by atoms with Gasteiger partial charge in [-0.2, -0.15) is 0 Å².